The van der Waals surface area contributed by atoms with Crippen molar-refractivity contribution in [2.45, 2.75) is 38.5 Å². The molecule has 1 aromatic rings. The Morgan fingerprint density at radius 2 is 2.18 bits per heavy atom. The Morgan fingerprint density at radius 1 is 1.53 bits per heavy atom. The van der Waals surface area contributed by atoms with Crippen LogP contribution in [0.5, 0.6) is 5.88 Å². The Labute approximate surface area is 104 Å². The summed E-state index contributed by atoms with van der Waals surface area (Å²) in [7, 11) is 0.832. The molecule has 0 amide bonds. The number of aryl methyl sites for hydroxylation is 1. The molecule has 1 rings (SSSR count). The molecule has 0 aromatic carbocycles. The highest BCUT2D eigenvalue weighted by Gasteiger charge is 2.15. The summed E-state index contributed by atoms with van der Waals surface area (Å²) in [6.45, 7) is 9.51. The predicted octanol–water partition coefficient (Wildman–Crippen LogP) is 2.76. The number of nitriles is 1. The van der Waals surface area contributed by atoms with Crippen LogP contribution in [0, 0.1) is 11.3 Å². The van der Waals surface area contributed by atoms with Crippen molar-refractivity contribution >= 4 is 8.07 Å². The summed E-state index contributed by atoms with van der Waals surface area (Å²) in [5.74, 6) is 1.19. The van der Waals surface area contributed by atoms with E-state index in [1.54, 1.807) is 0 Å². The van der Waals surface area contributed by atoms with Crippen LogP contribution in [0.15, 0.2) is 6.20 Å². The van der Waals surface area contributed by atoms with Crippen molar-refractivity contribution in [1.29, 1.82) is 5.26 Å². The molecular weight excluding hydrogens is 230 g/mol. The van der Waals surface area contributed by atoms with E-state index in [0.29, 0.717) is 12.5 Å². The summed E-state index contributed by atoms with van der Waals surface area (Å²) in [4.78, 5) is 4.33. The third kappa shape index (κ3) is 4.23. The predicted molar refractivity (Wildman–Crippen MR) is 70.9 cm³/mol. The van der Waals surface area contributed by atoms with Gasteiger partial charge in [0.1, 0.15) is 11.7 Å². The fourth-order valence-electron chi connectivity index (χ4n) is 1.44. The lowest BCUT2D eigenvalue weighted by Gasteiger charge is -2.14. The van der Waals surface area contributed by atoms with E-state index in [-0.39, 0.29) is 5.92 Å². The van der Waals surface area contributed by atoms with Crippen LogP contribution in [0.25, 0.3) is 0 Å². The van der Waals surface area contributed by atoms with Crippen LogP contribution in [0.2, 0.25) is 25.7 Å². The van der Waals surface area contributed by atoms with Crippen molar-refractivity contribution in [1.82, 2.24) is 9.55 Å². The Balaban J connectivity index is 2.60. The van der Waals surface area contributed by atoms with Crippen molar-refractivity contribution in [2.75, 3.05) is 6.61 Å². The van der Waals surface area contributed by atoms with E-state index < -0.39 is 8.07 Å². The first-order valence-electron chi connectivity index (χ1n) is 5.89. The third-order valence-corrected chi connectivity index (χ3v) is 4.28. The van der Waals surface area contributed by atoms with Crippen LogP contribution in [0.1, 0.15) is 18.7 Å². The van der Waals surface area contributed by atoms with Crippen LogP contribution in [0.4, 0.5) is 0 Å². The molecule has 0 aliphatic carbocycles. The molecule has 0 bridgehead atoms. The monoisotopic (exact) mass is 251 g/mol. The molecule has 0 aliphatic rings. The second kappa shape index (κ2) is 5.37. The number of nitrogens with zero attached hydrogens (tertiary/aromatic N) is 3. The molecule has 0 fully saturated rings. The lowest BCUT2D eigenvalue weighted by molar-refractivity contribution is 0.326. The highest BCUT2D eigenvalue weighted by atomic mass is 28.3. The van der Waals surface area contributed by atoms with Crippen molar-refractivity contribution < 1.29 is 4.74 Å². The van der Waals surface area contributed by atoms with Crippen molar-refractivity contribution in [2.24, 2.45) is 7.05 Å². The Kier molecular flexibility index (Phi) is 4.35. The minimum absolute atomic E-state index is 0.200. The molecule has 0 aliphatic heterocycles. The number of hydrogen-bond donors (Lipinski definition) is 0. The van der Waals surface area contributed by atoms with Crippen LogP contribution >= 0.6 is 0 Å². The molecule has 0 saturated heterocycles. The summed E-state index contributed by atoms with van der Waals surface area (Å²) in [6, 6.07) is 3.30. The molecule has 0 radical (unpaired) electrons. The lowest BCUT2D eigenvalue weighted by Crippen LogP contribution is -2.22. The van der Waals surface area contributed by atoms with Gasteiger partial charge in [-0.2, -0.15) is 10.2 Å². The second-order valence-corrected chi connectivity index (χ2v) is 11.2. The van der Waals surface area contributed by atoms with E-state index in [4.69, 9.17) is 10.00 Å². The largest absolute Gasteiger partial charge is 0.477 e. The van der Waals surface area contributed by atoms with Gasteiger partial charge in [0.05, 0.1) is 18.9 Å². The van der Waals surface area contributed by atoms with E-state index in [1.807, 2.05) is 24.7 Å². The fraction of sp³-hybridized carbons (Fsp3) is 0.667. The molecule has 1 aromatic heterocycles. The van der Waals surface area contributed by atoms with Crippen molar-refractivity contribution in [3.05, 3.63) is 12.0 Å². The number of ether oxygens (including phenoxy) is 1. The number of hydrogen-bond acceptors (Lipinski definition) is 3. The Hall–Kier alpha value is -1.28. The normalized spacial score (nSPS) is 13.2. The Morgan fingerprint density at radius 3 is 2.71 bits per heavy atom. The highest BCUT2D eigenvalue weighted by molar-refractivity contribution is 6.76. The van der Waals surface area contributed by atoms with E-state index >= 15 is 0 Å². The molecule has 1 unspecified atom stereocenters. The standard InChI is InChI=1S/C12H21N3OSi/c1-10(8-13)12-14-11(9-15(12)2)16-6-7-17(3,4)5/h9-10H,6-7H2,1-5H3. The first-order valence-corrected chi connectivity index (χ1v) is 9.60. The average molecular weight is 251 g/mol. The van der Waals surface area contributed by atoms with Gasteiger partial charge in [-0.05, 0) is 13.0 Å². The maximum atomic E-state index is 8.87. The molecule has 0 N–H and O–H groups in total. The zero-order valence-corrected chi connectivity index (χ0v) is 12.3. The SMILES string of the molecule is CC(C#N)c1nc(OCC[Si](C)(C)C)cn1C. The molecule has 4 nitrogen and oxygen atoms in total. The zero-order valence-electron chi connectivity index (χ0n) is 11.3. The van der Waals surface area contributed by atoms with Gasteiger partial charge in [-0.25, -0.2) is 0 Å². The second-order valence-electron chi connectivity index (χ2n) is 5.56. The van der Waals surface area contributed by atoms with Crippen LogP contribution < -0.4 is 4.74 Å². The molecule has 1 atom stereocenters. The van der Waals surface area contributed by atoms with E-state index in [1.165, 1.54) is 0 Å². The summed E-state index contributed by atoms with van der Waals surface area (Å²) in [5.41, 5.74) is 0. The maximum Gasteiger partial charge on any atom is 0.231 e. The molecular formula is C12H21N3OSi. The van der Waals surface area contributed by atoms with Gasteiger partial charge < -0.3 is 9.30 Å². The van der Waals surface area contributed by atoms with E-state index in [2.05, 4.69) is 30.7 Å². The lowest BCUT2D eigenvalue weighted by atomic mass is 10.2. The fourth-order valence-corrected chi connectivity index (χ4v) is 2.16. The quantitative estimate of drug-likeness (QED) is 0.756. The topological polar surface area (TPSA) is 50.8 Å². The zero-order chi connectivity index (χ0) is 13.1. The van der Waals surface area contributed by atoms with E-state index in [9.17, 15) is 0 Å². The molecule has 1 heterocycles. The average Bonchev–Trinajstić information content (AvgIpc) is 2.57. The minimum atomic E-state index is -1.06. The molecule has 0 saturated carbocycles. The van der Waals surface area contributed by atoms with Crippen LogP contribution in [-0.4, -0.2) is 24.2 Å². The third-order valence-electron chi connectivity index (χ3n) is 2.57. The van der Waals surface area contributed by atoms with Gasteiger partial charge in [-0.15, -0.1) is 0 Å². The number of rotatable bonds is 5. The van der Waals surface area contributed by atoms with Crippen LogP contribution in [0.3, 0.4) is 0 Å². The highest BCUT2D eigenvalue weighted by Crippen LogP contribution is 2.18. The van der Waals surface area contributed by atoms with Gasteiger partial charge in [0, 0.05) is 15.1 Å². The molecule has 17 heavy (non-hydrogen) atoms. The van der Waals surface area contributed by atoms with Crippen LogP contribution in [-0.2, 0) is 7.05 Å². The summed E-state index contributed by atoms with van der Waals surface area (Å²) >= 11 is 0. The first kappa shape index (κ1) is 13.8. The number of aromatic nitrogens is 2. The summed E-state index contributed by atoms with van der Waals surface area (Å²) < 4.78 is 7.49. The van der Waals surface area contributed by atoms with Gasteiger partial charge in [-0.3, -0.25) is 0 Å². The van der Waals surface area contributed by atoms with Crippen molar-refractivity contribution in [3.8, 4) is 11.9 Å². The van der Waals surface area contributed by atoms with Crippen molar-refractivity contribution in [3.63, 3.8) is 0 Å². The summed E-state index contributed by atoms with van der Waals surface area (Å²) in [5, 5.41) is 8.87. The molecule has 0 spiro atoms. The molecule has 5 heteroatoms. The van der Waals surface area contributed by atoms with Gasteiger partial charge in [0.15, 0.2) is 0 Å². The number of imidazole rings is 1. The van der Waals surface area contributed by atoms with Gasteiger partial charge >= 0.3 is 0 Å². The van der Waals surface area contributed by atoms with Gasteiger partial charge in [0.25, 0.3) is 0 Å². The minimum Gasteiger partial charge on any atom is -0.477 e. The first-order chi connectivity index (χ1) is 7.83. The smallest absolute Gasteiger partial charge is 0.231 e. The Bertz CT molecular complexity index is 414. The van der Waals surface area contributed by atoms with Gasteiger partial charge in [0.2, 0.25) is 5.88 Å². The van der Waals surface area contributed by atoms with Gasteiger partial charge in [-0.1, -0.05) is 19.6 Å². The summed E-state index contributed by atoms with van der Waals surface area (Å²) in [6.07, 6.45) is 1.84. The van der Waals surface area contributed by atoms with E-state index in [0.717, 1.165) is 11.9 Å². The molecule has 94 valence electrons. The maximum absolute atomic E-state index is 8.87.